The molecule has 0 saturated carbocycles. The first-order valence-electron chi connectivity index (χ1n) is 6.85. The summed E-state index contributed by atoms with van der Waals surface area (Å²) in [6.07, 6.45) is 0. The third-order valence-corrected chi connectivity index (χ3v) is 3.06. The largest absolute Gasteiger partial charge is 0.333 e. The minimum Gasteiger partial charge on any atom is -0.333 e. The molecule has 0 spiro atoms. The first-order chi connectivity index (χ1) is 11.0. The number of nitrogens with zero attached hydrogens (tertiary/aromatic N) is 3. The second-order valence-electron chi connectivity index (χ2n) is 4.42. The average Bonchev–Trinajstić information content (AvgIpc) is 2.85. The van der Waals surface area contributed by atoms with Crippen molar-refractivity contribution < 1.29 is 9.31 Å². The molecule has 138 valence electrons. The standard InChI is InChI=1S/C9H10N2.C6H4FNO2.CH5N.2CH4/c1-7-10-8-5-3-4-6-9(8)11(7)2;7-5-3-1-2-4-6(5)8(9)10;1-2;;/h3-6H,1-2H3;1-4H;2H2,1H3;2*1H4. The molecule has 25 heavy (non-hydrogen) atoms. The molecule has 0 aliphatic rings. The molecule has 0 radical (unpaired) electrons. The summed E-state index contributed by atoms with van der Waals surface area (Å²) in [4.78, 5) is 13.6. The number of nitro benzene ring substituents is 1. The fourth-order valence-electron chi connectivity index (χ4n) is 1.87. The van der Waals surface area contributed by atoms with Gasteiger partial charge in [-0.15, -0.1) is 0 Å². The van der Waals surface area contributed by atoms with Gasteiger partial charge in [-0.25, -0.2) is 4.98 Å². The molecule has 0 amide bonds. The molecule has 0 unspecified atom stereocenters. The molecule has 2 aromatic carbocycles. The smallest absolute Gasteiger partial charge is 0.304 e. The lowest BCUT2D eigenvalue weighted by Gasteiger charge is -1.93. The number of imidazole rings is 1. The van der Waals surface area contributed by atoms with E-state index >= 15 is 0 Å². The summed E-state index contributed by atoms with van der Waals surface area (Å²) >= 11 is 0. The highest BCUT2D eigenvalue weighted by molar-refractivity contribution is 5.75. The van der Waals surface area contributed by atoms with Gasteiger partial charge in [0, 0.05) is 13.1 Å². The lowest BCUT2D eigenvalue weighted by Crippen LogP contribution is -1.90. The number of hydrogen-bond acceptors (Lipinski definition) is 4. The van der Waals surface area contributed by atoms with Crippen molar-refractivity contribution in [2.75, 3.05) is 7.05 Å². The number of hydrogen-bond donors (Lipinski definition) is 1. The van der Waals surface area contributed by atoms with Crippen LogP contribution in [0.25, 0.3) is 11.0 Å². The Balaban J connectivity index is 0. The van der Waals surface area contributed by atoms with E-state index in [4.69, 9.17) is 0 Å². The van der Waals surface area contributed by atoms with Gasteiger partial charge in [-0.05, 0) is 32.2 Å². The van der Waals surface area contributed by atoms with Crippen molar-refractivity contribution >= 4 is 16.7 Å². The molecule has 1 heterocycles. The van der Waals surface area contributed by atoms with E-state index in [2.05, 4.69) is 21.4 Å². The molecule has 1 aromatic heterocycles. The number of halogens is 1. The number of rotatable bonds is 1. The lowest BCUT2D eigenvalue weighted by atomic mass is 10.3. The van der Waals surface area contributed by atoms with Crippen LogP contribution < -0.4 is 5.73 Å². The van der Waals surface area contributed by atoms with Gasteiger partial charge < -0.3 is 10.3 Å². The van der Waals surface area contributed by atoms with Crippen molar-refractivity contribution in [1.29, 1.82) is 0 Å². The first kappa shape index (κ1) is 24.5. The van der Waals surface area contributed by atoms with Crippen LogP contribution in [0.15, 0.2) is 48.5 Å². The van der Waals surface area contributed by atoms with Crippen molar-refractivity contribution in [2.45, 2.75) is 21.8 Å². The molecular formula is C18H27FN4O2. The second kappa shape index (κ2) is 11.7. The number of nitro groups is 1. The Hall–Kier alpha value is -2.80. The van der Waals surface area contributed by atoms with E-state index in [1.165, 1.54) is 24.7 Å². The van der Waals surface area contributed by atoms with Gasteiger partial charge in [0.05, 0.1) is 16.0 Å². The van der Waals surface area contributed by atoms with E-state index in [9.17, 15) is 14.5 Å². The van der Waals surface area contributed by atoms with Crippen molar-refractivity contribution in [3.63, 3.8) is 0 Å². The Morgan fingerprint density at radius 1 is 1.08 bits per heavy atom. The predicted molar refractivity (Wildman–Crippen MR) is 102 cm³/mol. The summed E-state index contributed by atoms with van der Waals surface area (Å²) in [6.45, 7) is 2.01. The molecule has 0 fully saturated rings. The predicted octanol–water partition coefficient (Wildman–Crippen LogP) is 4.46. The minimum atomic E-state index is -0.799. The molecule has 0 bridgehead atoms. The Kier molecular flexibility index (Phi) is 11.4. The van der Waals surface area contributed by atoms with E-state index < -0.39 is 16.4 Å². The number of benzene rings is 2. The minimum absolute atomic E-state index is 0. The summed E-state index contributed by atoms with van der Waals surface area (Å²) in [5, 5.41) is 9.99. The summed E-state index contributed by atoms with van der Waals surface area (Å²) in [5.74, 6) is 0.263. The van der Waals surface area contributed by atoms with Gasteiger partial charge in [0.25, 0.3) is 0 Å². The Bertz CT molecular complexity index is 788. The van der Waals surface area contributed by atoms with Crippen LogP contribution in [0.2, 0.25) is 0 Å². The lowest BCUT2D eigenvalue weighted by molar-refractivity contribution is -0.387. The highest BCUT2D eigenvalue weighted by Gasteiger charge is 2.10. The normalized spacial score (nSPS) is 8.68. The maximum Gasteiger partial charge on any atom is 0.304 e. The van der Waals surface area contributed by atoms with Crippen molar-refractivity contribution in [2.24, 2.45) is 12.8 Å². The van der Waals surface area contributed by atoms with E-state index in [0.717, 1.165) is 23.5 Å². The molecule has 0 aliphatic carbocycles. The Morgan fingerprint density at radius 2 is 1.60 bits per heavy atom. The number of aryl methyl sites for hydroxylation is 2. The van der Waals surface area contributed by atoms with Crippen LogP contribution in [0.3, 0.4) is 0 Å². The second-order valence-corrected chi connectivity index (χ2v) is 4.42. The molecule has 3 rings (SSSR count). The van der Waals surface area contributed by atoms with Crippen LogP contribution in [-0.4, -0.2) is 21.5 Å². The van der Waals surface area contributed by atoms with Gasteiger partial charge in [-0.3, -0.25) is 10.1 Å². The maximum atomic E-state index is 12.4. The quantitative estimate of drug-likeness (QED) is 0.518. The fraction of sp³-hybridized carbons (Fsp3) is 0.278. The number of fused-ring (bicyclic) bond motifs is 1. The molecule has 0 aliphatic heterocycles. The zero-order chi connectivity index (χ0) is 17.4. The first-order valence-corrected chi connectivity index (χ1v) is 6.85. The molecule has 2 N–H and O–H groups in total. The summed E-state index contributed by atoms with van der Waals surface area (Å²) < 4.78 is 14.5. The summed E-state index contributed by atoms with van der Waals surface area (Å²) in [6, 6.07) is 13.1. The van der Waals surface area contributed by atoms with E-state index in [-0.39, 0.29) is 14.9 Å². The van der Waals surface area contributed by atoms with Gasteiger partial charge >= 0.3 is 5.69 Å². The summed E-state index contributed by atoms with van der Waals surface area (Å²) in [7, 11) is 3.53. The third kappa shape index (κ3) is 6.31. The SMILES string of the molecule is C.C.CN.Cc1nc2ccccc2n1C.O=[N+]([O-])c1ccccc1F. The van der Waals surface area contributed by atoms with Crippen molar-refractivity contribution in [3.05, 3.63) is 70.3 Å². The molecule has 0 atom stereocenters. The van der Waals surface area contributed by atoms with E-state index in [1.54, 1.807) is 0 Å². The molecule has 3 aromatic rings. The van der Waals surface area contributed by atoms with Gasteiger partial charge in [-0.1, -0.05) is 39.1 Å². The third-order valence-electron chi connectivity index (χ3n) is 3.06. The zero-order valence-electron chi connectivity index (χ0n) is 13.2. The van der Waals surface area contributed by atoms with Crippen LogP contribution in [0, 0.1) is 22.9 Å². The highest BCUT2D eigenvalue weighted by Crippen LogP contribution is 2.14. The topological polar surface area (TPSA) is 87.0 Å². The van der Waals surface area contributed by atoms with Crippen LogP contribution >= 0.6 is 0 Å². The summed E-state index contributed by atoms with van der Waals surface area (Å²) in [5.41, 5.74) is 6.29. The van der Waals surface area contributed by atoms with Gasteiger partial charge in [0.2, 0.25) is 5.82 Å². The number of aromatic nitrogens is 2. The van der Waals surface area contributed by atoms with Crippen LogP contribution in [0.4, 0.5) is 10.1 Å². The van der Waals surface area contributed by atoms with Crippen molar-refractivity contribution in [3.8, 4) is 0 Å². The van der Waals surface area contributed by atoms with E-state index in [0.29, 0.717) is 0 Å². The molecule has 0 saturated heterocycles. The highest BCUT2D eigenvalue weighted by atomic mass is 19.1. The Labute approximate surface area is 148 Å². The Morgan fingerprint density at radius 3 is 2.08 bits per heavy atom. The number of para-hydroxylation sites is 3. The molecular weight excluding hydrogens is 323 g/mol. The van der Waals surface area contributed by atoms with Gasteiger partial charge in [0.1, 0.15) is 5.82 Å². The fourth-order valence-corrected chi connectivity index (χ4v) is 1.87. The average molecular weight is 350 g/mol. The zero-order valence-corrected chi connectivity index (χ0v) is 13.2. The van der Waals surface area contributed by atoms with Crippen LogP contribution in [-0.2, 0) is 7.05 Å². The molecule has 6 nitrogen and oxygen atoms in total. The number of nitrogens with two attached hydrogens (primary N) is 1. The molecule has 7 heteroatoms. The van der Waals surface area contributed by atoms with Gasteiger partial charge in [-0.2, -0.15) is 4.39 Å². The van der Waals surface area contributed by atoms with Crippen LogP contribution in [0.5, 0.6) is 0 Å². The van der Waals surface area contributed by atoms with Crippen molar-refractivity contribution in [1.82, 2.24) is 9.55 Å². The monoisotopic (exact) mass is 350 g/mol. The van der Waals surface area contributed by atoms with E-state index in [1.807, 2.05) is 32.2 Å². The maximum absolute atomic E-state index is 12.4. The van der Waals surface area contributed by atoms with Crippen LogP contribution in [0.1, 0.15) is 20.7 Å². The van der Waals surface area contributed by atoms with Gasteiger partial charge in [0.15, 0.2) is 0 Å².